The summed E-state index contributed by atoms with van der Waals surface area (Å²) in [6, 6.07) is 6.21. The maximum atomic E-state index is 13.7. The molecule has 2 N–H and O–H groups in total. The lowest BCUT2D eigenvalue weighted by atomic mass is 9.89. The number of halogens is 2. The molecule has 2 amide bonds. The van der Waals surface area contributed by atoms with Crippen molar-refractivity contribution in [1.29, 1.82) is 0 Å². The molecular formula is C18H25ClFN3O2. The molecule has 0 radical (unpaired) electrons. The van der Waals surface area contributed by atoms with Crippen LogP contribution in [0.1, 0.15) is 32.4 Å². The summed E-state index contributed by atoms with van der Waals surface area (Å²) in [6.07, 6.45) is 0. The summed E-state index contributed by atoms with van der Waals surface area (Å²) in [4.78, 5) is 28.1. The summed E-state index contributed by atoms with van der Waals surface area (Å²) in [5.74, 6) is -0.0936. The standard InChI is InChI=1S/C18H24FN3O2.ClH/c1-11(23)22-9-13-8-21(17(24)18(2,3)20)10-15(13)16(22)12-5-4-6-14(19)7-12;/h4-7,13,15-16H,8-10,20H2,1-3H3;1H/t13-,15-,16-;/m1./s1. The second-order valence-corrected chi connectivity index (χ2v) is 7.53. The molecule has 2 fully saturated rings. The first-order valence-electron chi connectivity index (χ1n) is 8.29. The van der Waals surface area contributed by atoms with Gasteiger partial charge in [0.15, 0.2) is 0 Å². The molecule has 0 aromatic heterocycles. The topological polar surface area (TPSA) is 66.6 Å². The molecule has 3 rings (SSSR count). The van der Waals surface area contributed by atoms with Gasteiger partial charge < -0.3 is 15.5 Å². The fraction of sp³-hybridized carbons (Fsp3) is 0.556. The van der Waals surface area contributed by atoms with Gasteiger partial charge in [-0.1, -0.05) is 12.1 Å². The summed E-state index contributed by atoms with van der Waals surface area (Å²) in [5.41, 5.74) is 5.83. The molecule has 0 spiro atoms. The van der Waals surface area contributed by atoms with Crippen molar-refractivity contribution in [2.75, 3.05) is 19.6 Å². The zero-order chi connectivity index (χ0) is 17.6. The highest BCUT2D eigenvalue weighted by molar-refractivity contribution is 5.86. The van der Waals surface area contributed by atoms with Gasteiger partial charge in [0, 0.05) is 38.4 Å². The van der Waals surface area contributed by atoms with E-state index in [1.807, 2.05) is 6.07 Å². The number of hydrogen-bond acceptors (Lipinski definition) is 3. The Balaban J connectivity index is 0.00000225. The predicted octanol–water partition coefficient (Wildman–Crippen LogP) is 1.96. The van der Waals surface area contributed by atoms with Crippen molar-refractivity contribution >= 4 is 24.2 Å². The third-order valence-electron chi connectivity index (χ3n) is 5.10. The minimum absolute atomic E-state index is 0. The van der Waals surface area contributed by atoms with Gasteiger partial charge in [-0.05, 0) is 31.5 Å². The molecule has 0 bridgehead atoms. The highest BCUT2D eigenvalue weighted by Gasteiger charge is 2.50. The third kappa shape index (κ3) is 3.65. The summed E-state index contributed by atoms with van der Waals surface area (Å²) < 4.78 is 13.7. The van der Waals surface area contributed by atoms with Crippen LogP contribution in [0.3, 0.4) is 0 Å². The van der Waals surface area contributed by atoms with E-state index in [0.717, 1.165) is 5.56 Å². The van der Waals surface area contributed by atoms with Crippen molar-refractivity contribution in [2.24, 2.45) is 17.6 Å². The number of nitrogens with two attached hydrogens (primary N) is 1. The molecule has 7 heteroatoms. The quantitative estimate of drug-likeness (QED) is 0.866. The molecule has 0 aliphatic carbocycles. The van der Waals surface area contributed by atoms with E-state index in [1.165, 1.54) is 12.1 Å². The van der Waals surface area contributed by atoms with Gasteiger partial charge in [-0.3, -0.25) is 9.59 Å². The van der Waals surface area contributed by atoms with E-state index in [1.54, 1.807) is 36.6 Å². The number of benzene rings is 1. The molecule has 2 saturated heterocycles. The van der Waals surface area contributed by atoms with Crippen LogP contribution in [0.2, 0.25) is 0 Å². The number of nitrogens with zero attached hydrogens (tertiary/aromatic N) is 2. The van der Waals surface area contributed by atoms with Crippen LogP contribution in [-0.2, 0) is 9.59 Å². The minimum Gasteiger partial charge on any atom is -0.340 e. The van der Waals surface area contributed by atoms with Gasteiger partial charge in [-0.25, -0.2) is 4.39 Å². The van der Waals surface area contributed by atoms with Gasteiger partial charge in [0.25, 0.3) is 0 Å². The van der Waals surface area contributed by atoms with Crippen molar-refractivity contribution in [1.82, 2.24) is 9.80 Å². The van der Waals surface area contributed by atoms with Gasteiger partial charge in [0.2, 0.25) is 11.8 Å². The Kier molecular flexibility index (Phi) is 5.44. The Morgan fingerprint density at radius 3 is 2.48 bits per heavy atom. The first-order valence-corrected chi connectivity index (χ1v) is 8.29. The lowest BCUT2D eigenvalue weighted by Crippen LogP contribution is -2.51. The summed E-state index contributed by atoms with van der Waals surface area (Å²) in [7, 11) is 0. The smallest absolute Gasteiger partial charge is 0.242 e. The van der Waals surface area contributed by atoms with Crippen LogP contribution < -0.4 is 5.73 Å². The van der Waals surface area contributed by atoms with Crippen molar-refractivity contribution in [3.05, 3.63) is 35.6 Å². The SMILES string of the molecule is CC(=O)N1C[C@H]2CN(C(=O)C(C)(C)N)C[C@H]2[C@H]1c1cccc(F)c1.Cl. The molecule has 2 aliphatic heterocycles. The van der Waals surface area contributed by atoms with Gasteiger partial charge >= 0.3 is 0 Å². The monoisotopic (exact) mass is 369 g/mol. The summed E-state index contributed by atoms with van der Waals surface area (Å²) >= 11 is 0. The number of fused-ring (bicyclic) bond motifs is 1. The maximum absolute atomic E-state index is 13.7. The lowest BCUT2D eigenvalue weighted by Gasteiger charge is -2.31. The number of rotatable bonds is 2. The Morgan fingerprint density at radius 2 is 1.92 bits per heavy atom. The number of amides is 2. The average Bonchev–Trinajstić information content (AvgIpc) is 3.02. The zero-order valence-electron chi connectivity index (χ0n) is 14.7. The molecule has 2 aliphatic rings. The van der Waals surface area contributed by atoms with E-state index in [-0.39, 0.29) is 47.9 Å². The molecule has 3 atom stereocenters. The Hall–Kier alpha value is -1.66. The molecule has 1 aromatic carbocycles. The zero-order valence-corrected chi connectivity index (χ0v) is 15.6. The Morgan fingerprint density at radius 1 is 1.24 bits per heavy atom. The van der Waals surface area contributed by atoms with Crippen molar-refractivity contribution < 1.29 is 14.0 Å². The number of carbonyl (C=O) groups is 2. The molecular weight excluding hydrogens is 345 g/mol. The molecule has 2 heterocycles. The largest absolute Gasteiger partial charge is 0.340 e. The Labute approximate surface area is 153 Å². The second kappa shape index (κ2) is 6.92. The van der Waals surface area contributed by atoms with Crippen LogP contribution in [0.5, 0.6) is 0 Å². The fourth-order valence-electron chi connectivity index (χ4n) is 4.06. The molecule has 138 valence electrons. The highest BCUT2D eigenvalue weighted by atomic mass is 35.5. The lowest BCUT2D eigenvalue weighted by molar-refractivity contribution is -0.135. The van der Waals surface area contributed by atoms with Crippen molar-refractivity contribution in [3.63, 3.8) is 0 Å². The Bertz CT molecular complexity index is 677. The maximum Gasteiger partial charge on any atom is 0.242 e. The van der Waals surface area contributed by atoms with E-state index in [2.05, 4.69) is 0 Å². The van der Waals surface area contributed by atoms with E-state index >= 15 is 0 Å². The molecule has 0 saturated carbocycles. The fourth-order valence-corrected chi connectivity index (χ4v) is 4.06. The van der Waals surface area contributed by atoms with Crippen molar-refractivity contribution in [3.8, 4) is 0 Å². The van der Waals surface area contributed by atoms with E-state index in [9.17, 15) is 14.0 Å². The molecule has 1 aromatic rings. The van der Waals surface area contributed by atoms with Crippen LogP contribution >= 0.6 is 12.4 Å². The first-order chi connectivity index (χ1) is 11.2. The minimum atomic E-state index is -0.909. The third-order valence-corrected chi connectivity index (χ3v) is 5.10. The average molecular weight is 370 g/mol. The predicted molar refractivity (Wildman–Crippen MR) is 95.6 cm³/mol. The van der Waals surface area contributed by atoms with Crippen LogP contribution in [0.25, 0.3) is 0 Å². The van der Waals surface area contributed by atoms with Gasteiger partial charge in [-0.2, -0.15) is 0 Å². The van der Waals surface area contributed by atoms with Crippen LogP contribution in [0.15, 0.2) is 24.3 Å². The van der Waals surface area contributed by atoms with Crippen LogP contribution in [-0.4, -0.2) is 46.8 Å². The van der Waals surface area contributed by atoms with Gasteiger partial charge in [-0.15, -0.1) is 12.4 Å². The van der Waals surface area contributed by atoms with Gasteiger partial charge in [0.1, 0.15) is 5.82 Å². The number of likely N-dealkylation sites (tertiary alicyclic amines) is 2. The summed E-state index contributed by atoms with van der Waals surface area (Å²) in [5, 5.41) is 0. The van der Waals surface area contributed by atoms with E-state index in [4.69, 9.17) is 5.73 Å². The summed E-state index contributed by atoms with van der Waals surface area (Å²) in [6.45, 7) is 6.69. The molecule has 25 heavy (non-hydrogen) atoms. The second-order valence-electron chi connectivity index (χ2n) is 7.53. The number of carbonyl (C=O) groups excluding carboxylic acids is 2. The molecule has 5 nitrogen and oxygen atoms in total. The van der Waals surface area contributed by atoms with Crippen LogP contribution in [0.4, 0.5) is 4.39 Å². The first kappa shape index (κ1) is 19.7. The van der Waals surface area contributed by atoms with Crippen molar-refractivity contribution in [2.45, 2.75) is 32.4 Å². The van der Waals surface area contributed by atoms with Crippen LogP contribution in [0, 0.1) is 17.7 Å². The van der Waals surface area contributed by atoms with Gasteiger partial charge in [0.05, 0.1) is 11.6 Å². The number of hydrogen-bond donors (Lipinski definition) is 1. The highest BCUT2D eigenvalue weighted by Crippen LogP contribution is 2.45. The van der Waals surface area contributed by atoms with E-state index < -0.39 is 5.54 Å². The molecule has 0 unspecified atom stereocenters. The van der Waals surface area contributed by atoms with E-state index in [0.29, 0.717) is 19.6 Å². The normalized spacial score (nSPS) is 25.6.